The molecule has 1 atom stereocenters. The number of hydrogen-bond acceptors (Lipinski definition) is 4. The van der Waals surface area contributed by atoms with Crippen LogP contribution in [0.5, 0.6) is 5.75 Å². The molecule has 0 saturated carbocycles. The van der Waals surface area contributed by atoms with E-state index in [1.807, 2.05) is 31.3 Å². The van der Waals surface area contributed by atoms with Crippen molar-refractivity contribution >= 4 is 11.8 Å². The van der Waals surface area contributed by atoms with Gasteiger partial charge < -0.3 is 14.5 Å². The molecular weight excluding hydrogens is 445 g/mol. The molecule has 1 fully saturated rings. The van der Waals surface area contributed by atoms with Crippen LogP contribution in [0, 0.1) is 11.7 Å². The number of pyridine rings is 1. The number of carbonyl (C=O) groups is 2. The van der Waals surface area contributed by atoms with Gasteiger partial charge in [-0.3, -0.25) is 14.6 Å². The zero-order valence-electron chi connectivity index (χ0n) is 20.1. The van der Waals surface area contributed by atoms with E-state index < -0.39 is 5.82 Å². The normalized spacial score (nSPS) is 14.9. The van der Waals surface area contributed by atoms with Crippen LogP contribution in [0.3, 0.4) is 0 Å². The molecule has 2 heterocycles. The number of benzene rings is 2. The molecule has 0 aliphatic carbocycles. The monoisotopic (exact) mass is 475 g/mol. The number of halogens is 1. The molecule has 0 radical (unpaired) electrons. The number of nitrogens with zero attached hydrogens (tertiary/aromatic N) is 3. The van der Waals surface area contributed by atoms with Gasteiger partial charge >= 0.3 is 0 Å². The summed E-state index contributed by atoms with van der Waals surface area (Å²) in [7, 11) is 3.47. The molecule has 1 saturated heterocycles. The number of hydrogen-bond donors (Lipinski definition) is 0. The number of likely N-dealkylation sites (N-methyl/N-ethyl adjacent to an activating group) is 1. The highest BCUT2D eigenvalue weighted by Gasteiger charge is 2.33. The Hall–Kier alpha value is -3.74. The zero-order valence-corrected chi connectivity index (χ0v) is 20.1. The van der Waals surface area contributed by atoms with Gasteiger partial charge in [0.25, 0.3) is 11.8 Å². The van der Waals surface area contributed by atoms with Gasteiger partial charge in [0, 0.05) is 38.6 Å². The molecule has 6 nitrogen and oxygen atoms in total. The average Bonchev–Trinajstić information content (AvgIpc) is 2.91. The molecule has 35 heavy (non-hydrogen) atoms. The largest absolute Gasteiger partial charge is 0.497 e. The summed E-state index contributed by atoms with van der Waals surface area (Å²) in [4.78, 5) is 33.8. The lowest BCUT2D eigenvalue weighted by Gasteiger charge is -2.40. The van der Waals surface area contributed by atoms with Crippen molar-refractivity contribution in [3.63, 3.8) is 0 Å². The number of piperidine rings is 1. The van der Waals surface area contributed by atoms with Crippen molar-refractivity contribution in [1.82, 2.24) is 14.8 Å². The minimum Gasteiger partial charge on any atom is -0.497 e. The van der Waals surface area contributed by atoms with E-state index in [0.717, 1.165) is 24.2 Å². The Morgan fingerprint density at radius 3 is 2.57 bits per heavy atom. The third-order valence-electron chi connectivity index (χ3n) is 6.78. The van der Waals surface area contributed by atoms with Crippen LogP contribution in [0.25, 0.3) is 0 Å². The van der Waals surface area contributed by atoms with Crippen molar-refractivity contribution in [2.75, 3.05) is 27.2 Å². The standard InChI is InChI=1S/C28H30FN3O3/c1-31(27(33)22-8-6-14-30-19-22)26(18-20-7-5-9-23(17-20)35-2)21-12-15-32(16-13-21)28(34)24-10-3-4-11-25(24)29/h3-11,14,17,19,21,26H,12-13,15-16,18H2,1-2H3/t26-/m1/s1. The van der Waals surface area contributed by atoms with E-state index in [2.05, 4.69) is 4.98 Å². The first-order valence-electron chi connectivity index (χ1n) is 11.8. The van der Waals surface area contributed by atoms with Crippen molar-refractivity contribution in [3.05, 3.63) is 95.6 Å². The van der Waals surface area contributed by atoms with Gasteiger partial charge in [0.05, 0.1) is 18.2 Å². The summed E-state index contributed by atoms with van der Waals surface area (Å²) in [6, 6.07) is 17.4. The molecular formula is C28H30FN3O3. The number of carbonyl (C=O) groups excluding carboxylic acids is 2. The lowest BCUT2D eigenvalue weighted by Crippen LogP contribution is -2.48. The second-order valence-electron chi connectivity index (χ2n) is 8.89. The summed E-state index contributed by atoms with van der Waals surface area (Å²) in [6.07, 6.45) is 5.33. The highest BCUT2D eigenvalue weighted by Crippen LogP contribution is 2.29. The smallest absolute Gasteiger partial charge is 0.256 e. The third kappa shape index (κ3) is 5.67. The van der Waals surface area contributed by atoms with Gasteiger partial charge in [-0.2, -0.15) is 0 Å². The van der Waals surface area contributed by atoms with Gasteiger partial charge in [-0.1, -0.05) is 24.3 Å². The van der Waals surface area contributed by atoms with Crippen LogP contribution in [0.4, 0.5) is 4.39 Å². The molecule has 0 unspecified atom stereocenters. The maximum atomic E-state index is 14.2. The number of amides is 2. The van der Waals surface area contributed by atoms with E-state index in [4.69, 9.17) is 4.74 Å². The highest BCUT2D eigenvalue weighted by atomic mass is 19.1. The predicted octanol–water partition coefficient (Wildman–Crippen LogP) is 4.47. The van der Waals surface area contributed by atoms with Crippen molar-refractivity contribution in [2.45, 2.75) is 25.3 Å². The van der Waals surface area contributed by atoms with Gasteiger partial charge in [0.1, 0.15) is 11.6 Å². The Morgan fingerprint density at radius 2 is 1.89 bits per heavy atom. The van der Waals surface area contributed by atoms with E-state index in [1.54, 1.807) is 53.6 Å². The Morgan fingerprint density at radius 1 is 1.11 bits per heavy atom. The van der Waals surface area contributed by atoms with Crippen LogP contribution in [-0.4, -0.2) is 59.9 Å². The van der Waals surface area contributed by atoms with E-state index in [-0.39, 0.29) is 29.3 Å². The molecule has 1 aliphatic heterocycles. The molecule has 4 rings (SSSR count). The molecule has 2 aromatic carbocycles. The number of methoxy groups -OCH3 is 1. The van der Waals surface area contributed by atoms with Gasteiger partial charge in [-0.25, -0.2) is 4.39 Å². The van der Waals surface area contributed by atoms with Crippen LogP contribution >= 0.6 is 0 Å². The molecule has 182 valence electrons. The van der Waals surface area contributed by atoms with Crippen LogP contribution in [0.2, 0.25) is 0 Å². The predicted molar refractivity (Wildman–Crippen MR) is 132 cm³/mol. The molecule has 2 amide bonds. The number of aromatic nitrogens is 1. The summed E-state index contributed by atoms with van der Waals surface area (Å²) in [5, 5.41) is 0. The molecule has 1 aromatic heterocycles. The summed E-state index contributed by atoms with van der Waals surface area (Å²) in [6.45, 7) is 1.03. The van der Waals surface area contributed by atoms with Crippen LogP contribution < -0.4 is 4.74 Å². The van der Waals surface area contributed by atoms with Crippen LogP contribution in [-0.2, 0) is 6.42 Å². The van der Waals surface area contributed by atoms with Crippen LogP contribution in [0.15, 0.2) is 73.1 Å². The Kier molecular flexibility index (Phi) is 7.75. The molecule has 0 spiro atoms. The second-order valence-corrected chi connectivity index (χ2v) is 8.89. The summed E-state index contributed by atoms with van der Waals surface area (Å²) in [5.74, 6) is 0.0724. The first-order valence-corrected chi connectivity index (χ1v) is 11.8. The van der Waals surface area contributed by atoms with E-state index in [1.165, 1.54) is 12.1 Å². The van der Waals surface area contributed by atoms with Crippen molar-refractivity contribution < 1.29 is 18.7 Å². The van der Waals surface area contributed by atoms with E-state index >= 15 is 0 Å². The average molecular weight is 476 g/mol. The second kappa shape index (κ2) is 11.1. The minimum atomic E-state index is -0.502. The fraction of sp³-hybridized carbons (Fsp3) is 0.321. The first kappa shape index (κ1) is 24.4. The number of likely N-dealkylation sites (tertiary alicyclic amines) is 1. The zero-order chi connectivity index (χ0) is 24.8. The first-order chi connectivity index (χ1) is 17.0. The quantitative estimate of drug-likeness (QED) is 0.506. The van der Waals surface area contributed by atoms with Gasteiger partial charge in [-0.05, 0) is 67.1 Å². The summed E-state index contributed by atoms with van der Waals surface area (Å²) in [5.41, 5.74) is 1.71. The molecule has 0 bridgehead atoms. The Bertz CT molecular complexity index is 1160. The fourth-order valence-corrected chi connectivity index (χ4v) is 4.80. The van der Waals surface area contributed by atoms with Gasteiger partial charge in [0.15, 0.2) is 0 Å². The topological polar surface area (TPSA) is 62.7 Å². The van der Waals surface area contributed by atoms with Crippen molar-refractivity contribution in [1.29, 1.82) is 0 Å². The van der Waals surface area contributed by atoms with Crippen molar-refractivity contribution in [2.24, 2.45) is 5.92 Å². The molecule has 3 aromatic rings. The molecule has 0 N–H and O–H groups in total. The lowest BCUT2D eigenvalue weighted by atomic mass is 9.84. The maximum absolute atomic E-state index is 14.2. The molecule has 1 aliphatic rings. The summed E-state index contributed by atoms with van der Waals surface area (Å²) < 4.78 is 19.5. The third-order valence-corrected chi connectivity index (χ3v) is 6.78. The highest BCUT2D eigenvalue weighted by molar-refractivity contribution is 5.95. The van der Waals surface area contributed by atoms with E-state index in [0.29, 0.717) is 25.1 Å². The summed E-state index contributed by atoms with van der Waals surface area (Å²) >= 11 is 0. The maximum Gasteiger partial charge on any atom is 0.256 e. The minimum absolute atomic E-state index is 0.0828. The number of ether oxygens (including phenoxy) is 1. The SMILES string of the molecule is COc1cccc(C[C@H](C2CCN(C(=O)c3ccccc3F)CC2)N(C)C(=O)c2cccnc2)c1. The fourth-order valence-electron chi connectivity index (χ4n) is 4.80. The van der Waals surface area contributed by atoms with E-state index in [9.17, 15) is 14.0 Å². The van der Waals surface area contributed by atoms with Crippen molar-refractivity contribution in [3.8, 4) is 5.75 Å². The molecule has 7 heteroatoms. The van der Waals surface area contributed by atoms with Crippen LogP contribution in [0.1, 0.15) is 39.1 Å². The van der Waals surface area contributed by atoms with Gasteiger partial charge in [-0.15, -0.1) is 0 Å². The van der Waals surface area contributed by atoms with Gasteiger partial charge in [0.2, 0.25) is 0 Å². The number of rotatable bonds is 7. The Labute approximate surface area is 205 Å². The Balaban J connectivity index is 1.52. The lowest BCUT2D eigenvalue weighted by molar-refractivity contribution is 0.0520.